The molecule has 0 saturated carbocycles. The number of hydrogen-bond acceptors (Lipinski definition) is 15. The van der Waals surface area contributed by atoms with E-state index in [9.17, 15) is 24.3 Å². The number of nitrogens with two attached hydrogens (primary N) is 1. The first-order valence-electron chi connectivity index (χ1n) is 25.7. The Morgan fingerprint density at radius 2 is 1.66 bits per heavy atom. The van der Waals surface area contributed by atoms with E-state index in [4.69, 9.17) is 20.1 Å². The van der Waals surface area contributed by atoms with Crippen LogP contribution in [-0.2, 0) is 32.3 Å². The number of aromatic nitrogens is 6. The molecule has 1 aliphatic heterocycles. The van der Waals surface area contributed by atoms with Gasteiger partial charge < -0.3 is 46.3 Å². The predicted molar refractivity (Wildman–Crippen MR) is 282 cm³/mol. The maximum atomic E-state index is 14.0. The molecule has 0 spiro atoms. The highest BCUT2D eigenvalue weighted by molar-refractivity contribution is 7.13. The number of hydrogen-bond donors (Lipinski definition) is 6. The van der Waals surface area contributed by atoms with Crippen LogP contribution in [0.4, 0.5) is 5.82 Å². The molecule has 1 saturated heterocycles. The van der Waals surface area contributed by atoms with Crippen molar-refractivity contribution >= 4 is 51.8 Å². The van der Waals surface area contributed by atoms with Crippen LogP contribution >= 0.6 is 11.3 Å². The highest BCUT2D eigenvalue weighted by atomic mass is 32.1. The van der Waals surface area contributed by atoms with Crippen molar-refractivity contribution in [1.29, 1.82) is 0 Å². The number of carbonyl (C=O) groups excluding carboxylic acids is 4. The fourth-order valence-corrected chi connectivity index (χ4v) is 9.50. The van der Waals surface area contributed by atoms with Gasteiger partial charge >= 0.3 is 0 Å². The third-order valence-corrected chi connectivity index (χ3v) is 13.6. The number of thiazole rings is 1. The van der Waals surface area contributed by atoms with Crippen molar-refractivity contribution in [3.05, 3.63) is 52.9 Å². The number of rotatable bonds is 26. The van der Waals surface area contributed by atoms with Crippen molar-refractivity contribution in [2.45, 2.75) is 156 Å². The fourth-order valence-electron chi connectivity index (χ4n) is 8.68. The van der Waals surface area contributed by atoms with Gasteiger partial charge in [-0.25, -0.2) is 19.6 Å². The van der Waals surface area contributed by atoms with Gasteiger partial charge in [0.25, 0.3) is 0 Å². The third kappa shape index (κ3) is 16.0. The number of nitrogens with zero attached hydrogens (tertiary/aromatic N) is 7. The van der Waals surface area contributed by atoms with E-state index in [2.05, 4.69) is 53.4 Å². The summed E-state index contributed by atoms with van der Waals surface area (Å²) in [6.45, 7) is 16.7. The molecule has 2 atom stereocenters. The predicted octanol–water partition coefficient (Wildman–Crippen LogP) is 6.46. The largest absolute Gasteiger partial charge is 0.490 e. The van der Waals surface area contributed by atoms with Crippen LogP contribution in [0.25, 0.3) is 33.0 Å². The first-order chi connectivity index (χ1) is 34.9. The minimum absolute atomic E-state index is 0.0363. The lowest BCUT2D eigenvalue weighted by Crippen LogP contribution is -2.57. The zero-order valence-electron chi connectivity index (χ0n) is 43.6. The van der Waals surface area contributed by atoms with E-state index in [0.717, 1.165) is 66.6 Å². The van der Waals surface area contributed by atoms with Gasteiger partial charge in [-0.1, -0.05) is 76.6 Å². The lowest BCUT2D eigenvalue weighted by atomic mass is 9.85. The number of nitrogen functional groups attached to an aromatic ring is 1. The Labute approximate surface area is 432 Å². The highest BCUT2D eigenvalue weighted by Gasteiger charge is 2.41. The average Bonchev–Trinajstić information content (AvgIpc) is 4.19. The van der Waals surface area contributed by atoms with E-state index in [0.29, 0.717) is 112 Å². The molecular formula is C53H74N12O7S. The molecule has 0 bridgehead atoms. The van der Waals surface area contributed by atoms with E-state index < -0.39 is 23.1 Å². The van der Waals surface area contributed by atoms with Crippen molar-refractivity contribution in [2.75, 3.05) is 38.5 Å². The number of fused-ring (bicyclic) bond motifs is 1. The van der Waals surface area contributed by atoms with Crippen LogP contribution in [0, 0.1) is 24.2 Å². The molecule has 6 rings (SSSR count). The Hall–Kier alpha value is -6.43. The van der Waals surface area contributed by atoms with E-state index in [1.54, 1.807) is 36.3 Å². The lowest BCUT2D eigenvalue weighted by Gasteiger charge is -2.35. The zero-order chi connectivity index (χ0) is 52.5. The Balaban J connectivity index is 0.806. The van der Waals surface area contributed by atoms with E-state index in [-0.39, 0.29) is 29.4 Å². The van der Waals surface area contributed by atoms with Crippen LogP contribution in [-0.4, -0.2) is 114 Å². The minimum atomic E-state index is -1.22. The summed E-state index contributed by atoms with van der Waals surface area (Å²) in [6.07, 6.45) is 10.6. The Bertz CT molecular complexity index is 2690. The molecule has 4 amide bonds. The van der Waals surface area contributed by atoms with Gasteiger partial charge in [0.1, 0.15) is 34.4 Å². The summed E-state index contributed by atoms with van der Waals surface area (Å²) in [6, 6.07) is 6.75. The quantitative estimate of drug-likeness (QED) is 0.0257. The first-order valence-corrected chi connectivity index (χ1v) is 26.5. The molecule has 1 fully saturated rings. The Kier molecular flexibility index (Phi) is 20.3. The monoisotopic (exact) mass is 1020 g/mol. The molecule has 4 aromatic heterocycles. The second-order valence-electron chi connectivity index (χ2n) is 20.2. The Morgan fingerprint density at radius 3 is 2.34 bits per heavy atom. The topological polar surface area (TPSA) is 258 Å². The van der Waals surface area contributed by atoms with Gasteiger partial charge in [-0.2, -0.15) is 0 Å². The second kappa shape index (κ2) is 26.5. The number of nitrogens with one attached hydrogen (secondary N) is 4. The summed E-state index contributed by atoms with van der Waals surface area (Å²) in [5.74, 6) is 6.28. The zero-order valence-corrected chi connectivity index (χ0v) is 44.4. The molecule has 0 radical (unpaired) electrons. The number of likely N-dealkylation sites (tertiary alicyclic amines) is 1. The molecule has 1 aliphatic rings. The SMILES string of the molecule is CCn1c(-c2nonc2N)nc2c(C#CC(C)(C)O)ncc(OCCCNCCCC(=O)NCCCCCCCCC(=O)NC(C(=O)N3CCC[C@H]3C(=O)NCc3ccc(-c4scnc4C)cc3)C(C)(C)C)c21. The first kappa shape index (κ1) is 55.9. The van der Waals surface area contributed by atoms with Crippen molar-refractivity contribution < 1.29 is 33.7 Å². The number of aliphatic hydroxyl groups is 1. The molecule has 0 aliphatic carbocycles. The molecular weight excluding hydrogens is 949 g/mol. The number of carbonyl (C=O) groups is 4. The number of aryl methyl sites for hydroxylation is 2. The number of imidazole rings is 1. The minimum Gasteiger partial charge on any atom is -0.490 e. The number of ether oxygens (including phenoxy) is 1. The van der Waals surface area contributed by atoms with Gasteiger partial charge in [-0.3, -0.25) is 19.2 Å². The summed E-state index contributed by atoms with van der Waals surface area (Å²) in [7, 11) is 0. The Morgan fingerprint density at radius 1 is 0.932 bits per heavy atom. The number of unbranched alkanes of at least 4 members (excludes halogenated alkanes) is 5. The second-order valence-corrected chi connectivity index (χ2v) is 21.0. The molecule has 1 aromatic carbocycles. The van der Waals surface area contributed by atoms with Crippen LogP contribution in [0.5, 0.6) is 5.75 Å². The fraction of sp³-hybridized carbons (Fsp3) is 0.566. The van der Waals surface area contributed by atoms with Crippen molar-refractivity contribution in [3.63, 3.8) is 0 Å². The van der Waals surface area contributed by atoms with Crippen molar-refractivity contribution in [2.24, 2.45) is 5.41 Å². The van der Waals surface area contributed by atoms with Gasteiger partial charge in [0.05, 0.1) is 28.9 Å². The van der Waals surface area contributed by atoms with Gasteiger partial charge in [0.15, 0.2) is 23.1 Å². The van der Waals surface area contributed by atoms with Gasteiger partial charge in [-0.15, -0.1) is 11.3 Å². The van der Waals surface area contributed by atoms with Gasteiger partial charge in [-0.05, 0) is 112 Å². The van der Waals surface area contributed by atoms with Gasteiger partial charge in [0.2, 0.25) is 23.6 Å². The number of pyridine rings is 1. The van der Waals surface area contributed by atoms with Crippen molar-refractivity contribution in [1.82, 2.24) is 56.0 Å². The summed E-state index contributed by atoms with van der Waals surface area (Å²) < 4.78 is 12.9. The molecule has 5 heterocycles. The normalized spacial score (nSPS) is 14.2. The molecule has 394 valence electrons. The molecule has 19 nitrogen and oxygen atoms in total. The number of amides is 4. The summed E-state index contributed by atoms with van der Waals surface area (Å²) in [5.41, 5.74) is 11.0. The summed E-state index contributed by atoms with van der Waals surface area (Å²) in [4.78, 5) is 69.4. The molecule has 5 aromatic rings. The molecule has 1 unspecified atom stereocenters. The smallest absolute Gasteiger partial charge is 0.246 e. The average molecular weight is 1020 g/mol. The van der Waals surface area contributed by atoms with Gasteiger partial charge in [0, 0.05) is 39.0 Å². The third-order valence-electron chi connectivity index (χ3n) is 12.6. The van der Waals surface area contributed by atoms with E-state index >= 15 is 0 Å². The number of benzene rings is 1. The van der Waals surface area contributed by atoms with Crippen molar-refractivity contribution in [3.8, 4) is 39.5 Å². The molecule has 20 heteroatoms. The van der Waals surface area contributed by atoms with E-state index in [1.165, 1.54) is 0 Å². The highest BCUT2D eigenvalue weighted by Crippen LogP contribution is 2.34. The maximum absolute atomic E-state index is 14.0. The van der Waals surface area contributed by atoms with E-state index in [1.807, 2.05) is 69.0 Å². The molecule has 7 N–H and O–H groups in total. The van der Waals surface area contributed by atoms with Crippen LogP contribution in [0.2, 0.25) is 0 Å². The molecule has 73 heavy (non-hydrogen) atoms. The lowest BCUT2D eigenvalue weighted by molar-refractivity contribution is -0.143. The maximum Gasteiger partial charge on any atom is 0.246 e. The van der Waals surface area contributed by atoms with Crippen LogP contribution in [0.3, 0.4) is 0 Å². The summed E-state index contributed by atoms with van der Waals surface area (Å²) >= 11 is 1.60. The van der Waals surface area contributed by atoms with Crippen LogP contribution < -0.4 is 31.7 Å². The number of anilines is 1. The van der Waals surface area contributed by atoms with Crippen LogP contribution in [0.1, 0.15) is 136 Å². The van der Waals surface area contributed by atoms with Crippen LogP contribution in [0.15, 0.2) is 40.6 Å². The standard InChI is InChI=1S/C53H74N12O7S/c1-8-64-45-40(33-57-38(25-26-53(6,7)70)43(45)61-49(64)44-48(54)63-72-62-44)71-31-17-28-55-27-15-20-41(66)56-29-14-12-10-9-11-13-19-42(67)60-47(52(3,4)5)51(69)65-30-16-18-39(65)50(68)58-32-36-21-23-37(24-22-36)46-35(2)59-34-73-46/h21-24,33-34,39,47,55,70H,8-20,27-32H2,1-7H3,(H2,54,63)(H,56,66)(H,58,68)(H,60,67)/t39-,47?/m0/s1. The summed E-state index contributed by atoms with van der Waals surface area (Å²) in [5, 5.41) is 30.3.